The van der Waals surface area contributed by atoms with Crippen molar-refractivity contribution >= 4 is 0 Å². The van der Waals surface area contributed by atoms with Crippen LogP contribution in [0.15, 0.2) is 11.6 Å². The summed E-state index contributed by atoms with van der Waals surface area (Å²) < 4.78 is 0. The highest BCUT2D eigenvalue weighted by Crippen LogP contribution is 2.88. The predicted octanol–water partition coefficient (Wildman–Crippen LogP) is 5.31. The van der Waals surface area contributed by atoms with Gasteiger partial charge in [0, 0.05) is 6.04 Å². The maximum atomic E-state index is 10.5. The molecular formula is C25H41NO. The quantitative estimate of drug-likeness (QED) is 0.644. The second kappa shape index (κ2) is 5.22. The lowest BCUT2D eigenvalue weighted by Gasteiger charge is -2.63. The first-order valence-electron chi connectivity index (χ1n) is 11.6. The maximum absolute atomic E-state index is 10.5. The van der Waals surface area contributed by atoms with Gasteiger partial charge in [0.05, 0.1) is 6.10 Å². The lowest BCUT2D eigenvalue weighted by molar-refractivity contribution is -0.130. The van der Waals surface area contributed by atoms with Gasteiger partial charge < -0.3 is 10.4 Å². The van der Waals surface area contributed by atoms with Crippen LogP contribution in [-0.4, -0.2) is 24.3 Å². The van der Waals surface area contributed by atoms with Crippen LogP contribution in [0.1, 0.15) is 86.0 Å². The Labute approximate surface area is 166 Å². The van der Waals surface area contributed by atoms with Gasteiger partial charge in [0.15, 0.2) is 0 Å². The van der Waals surface area contributed by atoms with Crippen molar-refractivity contribution in [3.8, 4) is 0 Å². The van der Waals surface area contributed by atoms with Gasteiger partial charge >= 0.3 is 0 Å². The standard InChI is InChI=1S/C25H41NO/c1-16(27)17-9-11-23(5)19-8-7-18-21(2,3)20(26-6)10-12-24(18)15-25(19,24)14-13-22(17,23)4/h9,16,18-20,26-27H,7-8,10-15H2,1-6H3/t16?,18-,19-,20-,22+,23-,24+,25-/m0/s1. The second-order valence-electron chi connectivity index (χ2n) is 12.2. The van der Waals surface area contributed by atoms with Crippen molar-refractivity contribution in [1.82, 2.24) is 5.32 Å². The van der Waals surface area contributed by atoms with Gasteiger partial charge in [-0.15, -0.1) is 0 Å². The monoisotopic (exact) mass is 371 g/mol. The van der Waals surface area contributed by atoms with Gasteiger partial charge in [-0.25, -0.2) is 0 Å². The van der Waals surface area contributed by atoms with Crippen LogP contribution in [-0.2, 0) is 0 Å². The molecule has 0 aromatic carbocycles. The van der Waals surface area contributed by atoms with E-state index in [9.17, 15) is 5.11 Å². The van der Waals surface area contributed by atoms with Crippen LogP contribution in [0.25, 0.3) is 0 Å². The van der Waals surface area contributed by atoms with Crippen molar-refractivity contribution in [2.45, 2.75) is 98.1 Å². The summed E-state index contributed by atoms with van der Waals surface area (Å²) in [6.07, 6.45) is 13.2. The molecule has 2 heteroatoms. The van der Waals surface area contributed by atoms with E-state index in [1.54, 1.807) is 0 Å². The normalized spacial score (nSPS) is 56.3. The molecule has 0 radical (unpaired) electrons. The molecule has 5 aliphatic rings. The minimum atomic E-state index is -0.277. The van der Waals surface area contributed by atoms with Crippen molar-refractivity contribution in [2.75, 3.05) is 7.05 Å². The molecule has 2 spiro atoms. The zero-order valence-corrected chi connectivity index (χ0v) is 18.5. The summed E-state index contributed by atoms with van der Waals surface area (Å²) in [7, 11) is 2.17. The number of aliphatic hydroxyl groups excluding tert-OH is 1. The number of nitrogens with one attached hydrogen (secondary N) is 1. The Kier molecular flexibility index (Phi) is 3.61. The maximum Gasteiger partial charge on any atom is 0.0727 e. The lowest BCUT2D eigenvalue weighted by atomic mass is 9.42. The molecule has 5 aliphatic carbocycles. The number of rotatable bonds is 2. The highest BCUT2D eigenvalue weighted by molar-refractivity contribution is 5.37. The molecule has 27 heavy (non-hydrogen) atoms. The Hall–Kier alpha value is -0.340. The fourth-order valence-electron chi connectivity index (χ4n) is 10.1. The van der Waals surface area contributed by atoms with E-state index in [0.29, 0.717) is 27.7 Å². The summed E-state index contributed by atoms with van der Waals surface area (Å²) >= 11 is 0. The van der Waals surface area contributed by atoms with Crippen molar-refractivity contribution in [3.63, 3.8) is 0 Å². The molecule has 2 N–H and O–H groups in total. The molecule has 0 saturated heterocycles. The largest absolute Gasteiger partial charge is 0.389 e. The number of hydrogen-bond acceptors (Lipinski definition) is 2. The van der Waals surface area contributed by atoms with E-state index in [1.807, 2.05) is 6.92 Å². The third-order valence-electron chi connectivity index (χ3n) is 11.5. The van der Waals surface area contributed by atoms with E-state index in [4.69, 9.17) is 0 Å². The minimum absolute atomic E-state index is 0.214. The summed E-state index contributed by atoms with van der Waals surface area (Å²) in [6.45, 7) is 12.2. The van der Waals surface area contributed by atoms with E-state index >= 15 is 0 Å². The predicted molar refractivity (Wildman–Crippen MR) is 111 cm³/mol. The van der Waals surface area contributed by atoms with Gasteiger partial charge in [0.2, 0.25) is 0 Å². The molecule has 4 fully saturated rings. The number of fused-ring (bicyclic) bond motifs is 2. The Morgan fingerprint density at radius 3 is 2.33 bits per heavy atom. The minimum Gasteiger partial charge on any atom is -0.389 e. The van der Waals surface area contributed by atoms with Crippen LogP contribution < -0.4 is 5.32 Å². The molecule has 0 aromatic heterocycles. The van der Waals surface area contributed by atoms with Crippen molar-refractivity contribution in [1.29, 1.82) is 0 Å². The summed E-state index contributed by atoms with van der Waals surface area (Å²) in [5.74, 6) is 1.75. The summed E-state index contributed by atoms with van der Waals surface area (Å²) in [5.41, 5.74) is 3.59. The van der Waals surface area contributed by atoms with Crippen LogP contribution in [0, 0.1) is 38.9 Å². The van der Waals surface area contributed by atoms with Crippen LogP contribution in [0.3, 0.4) is 0 Å². The third-order valence-corrected chi connectivity index (χ3v) is 11.5. The molecule has 1 unspecified atom stereocenters. The zero-order valence-electron chi connectivity index (χ0n) is 18.5. The average molecular weight is 372 g/mol. The fourth-order valence-corrected chi connectivity index (χ4v) is 10.1. The molecule has 0 heterocycles. The van der Waals surface area contributed by atoms with Gasteiger partial charge in [0.1, 0.15) is 0 Å². The molecule has 0 aromatic rings. The van der Waals surface area contributed by atoms with Gasteiger partial charge in [-0.05, 0) is 110 Å². The van der Waals surface area contributed by atoms with Gasteiger partial charge in [-0.2, -0.15) is 0 Å². The third kappa shape index (κ3) is 1.87. The molecule has 4 saturated carbocycles. The Balaban J connectivity index is 1.52. The van der Waals surface area contributed by atoms with Crippen LogP contribution in [0.5, 0.6) is 0 Å². The summed E-state index contributed by atoms with van der Waals surface area (Å²) in [4.78, 5) is 0. The second-order valence-corrected chi connectivity index (χ2v) is 12.2. The van der Waals surface area contributed by atoms with Crippen LogP contribution in [0.4, 0.5) is 0 Å². The Morgan fingerprint density at radius 1 is 1.00 bits per heavy atom. The fraction of sp³-hybridized carbons (Fsp3) is 0.920. The van der Waals surface area contributed by atoms with E-state index in [2.05, 4.69) is 46.1 Å². The smallest absolute Gasteiger partial charge is 0.0727 e. The Bertz CT molecular complexity index is 694. The average Bonchev–Trinajstić information content (AvgIpc) is 3.17. The number of allylic oxidation sites excluding steroid dienone is 1. The van der Waals surface area contributed by atoms with E-state index < -0.39 is 0 Å². The zero-order chi connectivity index (χ0) is 19.5. The molecule has 0 amide bonds. The molecule has 2 nitrogen and oxygen atoms in total. The molecule has 152 valence electrons. The number of hydrogen-bond donors (Lipinski definition) is 2. The molecular weight excluding hydrogens is 330 g/mol. The van der Waals surface area contributed by atoms with E-state index in [1.165, 1.54) is 56.9 Å². The Morgan fingerprint density at radius 2 is 1.67 bits per heavy atom. The van der Waals surface area contributed by atoms with Crippen molar-refractivity contribution in [3.05, 3.63) is 11.6 Å². The topological polar surface area (TPSA) is 32.3 Å². The molecule has 0 aliphatic heterocycles. The SMILES string of the molecule is CN[C@H]1CC[C@]23C[C@]24CC[C@]2(C)C(C(C)O)=CC[C@@]2(C)[C@@H]4CC[C@H]3C1(C)C. The van der Waals surface area contributed by atoms with Crippen LogP contribution in [0.2, 0.25) is 0 Å². The van der Waals surface area contributed by atoms with Crippen molar-refractivity contribution in [2.24, 2.45) is 38.9 Å². The molecule has 0 bridgehead atoms. The first-order chi connectivity index (χ1) is 12.6. The van der Waals surface area contributed by atoms with Crippen LogP contribution >= 0.6 is 0 Å². The van der Waals surface area contributed by atoms with E-state index in [0.717, 1.165) is 11.8 Å². The summed E-state index contributed by atoms with van der Waals surface area (Å²) in [6, 6.07) is 0.682. The van der Waals surface area contributed by atoms with Gasteiger partial charge in [0.25, 0.3) is 0 Å². The van der Waals surface area contributed by atoms with Gasteiger partial charge in [-0.3, -0.25) is 0 Å². The first-order valence-corrected chi connectivity index (χ1v) is 11.6. The lowest BCUT2D eigenvalue weighted by Crippen LogP contribution is -2.59. The summed E-state index contributed by atoms with van der Waals surface area (Å²) in [5, 5.41) is 14.1. The van der Waals surface area contributed by atoms with Crippen molar-refractivity contribution < 1.29 is 5.11 Å². The van der Waals surface area contributed by atoms with E-state index in [-0.39, 0.29) is 11.5 Å². The number of aliphatic hydroxyl groups is 1. The molecule has 8 atom stereocenters. The van der Waals surface area contributed by atoms with Gasteiger partial charge in [-0.1, -0.05) is 33.8 Å². The highest BCUT2D eigenvalue weighted by Gasteiger charge is 2.81. The highest BCUT2D eigenvalue weighted by atomic mass is 16.3. The first kappa shape index (κ1) is 18.7. The molecule has 5 rings (SSSR count).